The van der Waals surface area contributed by atoms with Gasteiger partial charge in [-0.1, -0.05) is 6.07 Å². The molecule has 138 valence electrons. The third-order valence-corrected chi connectivity index (χ3v) is 4.21. The number of rotatable bonds is 3. The van der Waals surface area contributed by atoms with Gasteiger partial charge in [0.15, 0.2) is 0 Å². The number of halogens is 3. The molecular weight excluding hydrogens is 361 g/mol. The van der Waals surface area contributed by atoms with Gasteiger partial charge in [0.25, 0.3) is 0 Å². The topological polar surface area (TPSA) is 69.0 Å². The zero-order valence-electron chi connectivity index (χ0n) is 13.8. The van der Waals surface area contributed by atoms with Crippen LogP contribution in [0.3, 0.4) is 0 Å². The fourth-order valence-electron chi connectivity index (χ4n) is 3.07. The van der Waals surface area contributed by atoms with Crippen LogP contribution in [-0.4, -0.2) is 26.8 Å². The van der Waals surface area contributed by atoms with Crippen LogP contribution < -0.4 is 10.1 Å². The van der Waals surface area contributed by atoms with Crippen LogP contribution >= 0.6 is 0 Å². The lowest BCUT2D eigenvalue weighted by Gasteiger charge is -2.23. The second kappa shape index (κ2) is 6.42. The Bertz CT molecular complexity index is 969. The molecule has 0 spiro atoms. The third kappa shape index (κ3) is 3.48. The molecule has 1 N–H and O–H groups in total. The summed E-state index contributed by atoms with van der Waals surface area (Å²) in [4.78, 5) is 20.7. The normalized spacial score (nSPS) is 16.6. The SMILES string of the molecule is O=C1CC(c2cccnc2)c2ncn(-c3ccc(OC(F)(F)F)cc3)c2N1. The molecule has 2 aromatic heterocycles. The Morgan fingerprint density at radius 3 is 2.63 bits per heavy atom. The highest BCUT2D eigenvalue weighted by Crippen LogP contribution is 2.37. The molecule has 3 aromatic rings. The predicted molar refractivity (Wildman–Crippen MR) is 89.6 cm³/mol. The number of carbonyl (C=O) groups excluding carboxylic acids is 1. The monoisotopic (exact) mass is 374 g/mol. The summed E-state index contributed by atoms with van der Waals surface area (Å²) in [5, 5.41) is 2.79. The molecule has 1 aromatic carbocycles. The van der Waals surface area contributed by atoms with Gasteiger partial charge >= 0.3 is 6.36 Å². The number of nitrogens with zero attached hydrogens (tertiary/aromatic N) is 3. The summed E-state index contributed by atoms with van der Waals surface area (Å²) in [6.45, 7) is 0. The first-order valence-electron chi connectivity index (χ1n) is 8.04. The number of fused-ring (bicyclic) bond motifs is 1. The largest absolute Gasteiger partial charge is 0.573 e. The van der Waals surface area contributed by atoms with Crippen molar-refractivity contribution in [3.05, 3.63) is 66.4 Å². The van der Waals surface area contributed by atoms with Crippen molar-refractivity contribution < 1.29 is 22.7 Å². The van der Waals surface area contributed by atoms with Gasteiger partial charge in [-0.15, -0.1) is 13.2 Å². The molecule has 0 radical (unpaired) electrons. The van der Waals surface area contributed by atoms with E-state index in [1.807, 2.05) is 6.07 Å². The smallest absolute Gasteiger partial charge is 0.406 e. The van der Waals surface area contributed by atoms with Gasteiger partial charge in [-0.05, 0) is 35.9 Å². The number of amides is 1. The number of alkyl halides is 3. The molecular formula is C18H13F3N4O2. The van der Waals surface area contributed by atoms with Gasteiger partial charge in [-0.2, -0.15) is 0 Å². The number of carbonyl (C=O) groups is 1. The Hall–Kier alpha value is -3.36. The molecule has 1 aliphatic rings. The molecule has 0 fully saturated rings. The van der Waals surface area contributed by atoms with Crippen molar-refractivity contribution in [2.75, 3.05) is 5.32 Å². The molecule has 1 atom stereocenters. The Kier molecular flexibility index (Phi) is 4.06. The van der Waals surface area contributed by atoms with Crippen LogP contribution in [0.4, 0.5) is 19.0 Å². The number of hydrogen-bond acceptors (Lipinski definition) is 4. The fourth-order valence-corrected chi connectivity index (χ4v) is 3.07. The lowest BCUT2D eigenvalue weighted by Crippen LogP contribution is -2.25. The standard InChI is InChI=1S/C18H13F3N4O2/c19-18(20,21)27-13-5-3-12(4-6-13)25-10-23-16-14(8-15(26)24-17(16)25)11-2-1-7-22-9-11/h1-7,9-10,14H,8H2,(H,24,26). The Balaban J connectivity index is 1.69. The summed E-state index contributed by atoms with van der Waals surface area (Å²) < 4.78 is 42.4. The van der Waals surface area contributed by atoms with Crippen molar-refractivity contribution in [2.24, 2.45) is 0 Å². The van der Waals surface area contributed by atoms with E-state index in [-0.39, 0.29) is 24.0 Å². The van der Waals surface area contributed by atoms with Gasteiger partial charge in [0.2, 0.25) is 5.91 Å². The van der Waals surface area contributed by atoms with Gasteiger partial charge in [0.1, 0.15) is 17.9 Å². The summed E-state index contributed by atoms with van der Waals surface area (Å²) in [7, 11) is 0. The van der Waals surface area contributed by atoms with E-state index in [4.69, 9.17) is 0 Å². The number of benzene rings is 1. The molecule has 0 aliphatic carbocycles. The van der Waals surface area contributed by atoms with Gasteiger partial charge in [0, 0.05) is 30.4 Å². The number of pyridine rings is 1. The van der Waals surface area contributed by atoms with E-state index in [0.29, 0.717) is 17.2 Å². The molecule has 1 aliphatic heterocycles. The number of anilines is 1. The Morgan fingerprint density at radius 1 is 1.19 bits per heavy atom. The Labute approximate surface area is 151 Å². The Morgan fingerprint density at radius 2 is 1.96 bits per heavy atom. The van der Waals surface area contributed by atoms with E-state index in [9.17, 15) is 18.0 Å². The molecule has 9 heteroatoms. The van der Waals surface area contributed by atoms with Crippen molar-refractivity contribution in [2.45, 2.75) is 18.7 Å². The van der Waals surface area contributed by atoms with Crippen molar-refractivity contribution in [1.82, 2.24) is 14.5 Å². The lowest BCUT2D eigenvalue weighted by atomic mass is 9.91. The van der Waals surface area contributed by atoms with Crippen LogP contribution in [0.25, 0.3) is 5.69 Å². The van der Waals surface area contributed by atoms with Gasteiger partial charge in [-0.3, -0.25) is 14.3 Å². The first-order valence-corrected chi connectivity index (χ1v) is 8.04. The summed E-state index contributed by atoms with van der Waals surface area (Å²) in [6, 6.07) is 9.00. The van der Waals surface area contributed by atoms with E-state index >= 15 is 0 Å². The average Bonchev–Trinajstić information content (AvgIpc) is 3.05. The highest BCUT2D eigenvalue weighted by atomic mass is 19.4. The lowest BCUT2D eigenvalue weighted by molar-refractivity contribution is -0.274. The number of hydrogen-bond donors (Lipinski definition) is 1. The maximum absolute atomic E-state index is 12.3. The minimum absolute atomic E-state index is 0.171. The van der Waals surface area contributed by atoms with Crippen molar-refractivity contribution >= 4 is 11.7 Å². The quantitative estimate of drug-likeness (QED) is 0.760. The number of ether oxygens (including phenoxy) is 1. The van der Waals surface area contributed by atoms with Crippen LogP contribution in [0.1, 0.15) is 23.6 Å². The maximum atomic E-state index is 12.3. The van der Waals surface area contributed by atoms with Crippen molar-refractivity contribution in [1.29, 1.82) is 0 Å². The van der Waals surface area contributed by atoms with Crippen molar-refractivity contribution in [3.63, 3.8) is 0 Å². The number of aromatic nitrogens is 3. The van der Waals surface area contributed by atoms with Crippen LogP contribution in [0.15, 0.2) is 55.1 Å². The second-order valence-corrected chi connectivity index (χ2v) is 5.98. The van der Waals surface area contributed by atoms with Crippen molar-refractivity contribution in [3.8, 4) is 11.4 Å². The molecule has 27 heavy (non-hydrogen) atoms. The summed E-state index contributed by atoms with van der Waals surface area (Å²) in [5.74, 6) is -0.242. The summed E-state index contributed by atoms with van der Waals surface area (Å²) in [6.07, 6.45) is 0.361. The van der Waals surface area contributed by atoms with Crippen LogP contribution in [-0.2, 0) is 4.79 Å². The highest BCUT2D eigenvalue weighted by molar-refractivity contribution is 5.94. The highest BCUT2D eigenvalue weighted by Gasteiger charge is 2.32. The zero-order chi connectivity index (χ0) is 19.0. The van der Waals surface area contributed by atoms with E-state index in [1.54, 1.807) is 23.0 Å². The summed E-state index contributed by atoms with van der Waals surface area (Å²) in [5.41, 5.74) is 2.09. The van der Waals surface area contributed by atoms with Crippen LogP contribution in [0, 0.1) is 0 Å². The van der Waals surface area contributed by atoms with E-state index in [1.165, 1.54) is 30.6 Å². The molecule has 3 heterocycles. The molecule has 6 nitrogen and oxygen atoms in total. The molecule has 1 amide bonds. The first-order chi connectivity index (χ1) is 12.9. The van der Waals surface area contributed by atoms with Crippen LogP contribution in [0.2, 0.25) is 0 Å². The molecule has 1 unspecified atom stereocenters. The predicted octanol–water partition coefficient (Wildman–Crippen LogP) is 3.64. The minimum atomic E-state index is -4.75. The number of imidazole rings is 1. The minimum Gasteiger partial charge on any atom is -0.406 e. The molecule has 0 saturated carbocycles. The van der Waals surface area contributed by atoms with Gasteiger partial charge < -0.3 is 10.1 Å². The van der Waals surface area contributed by atoms with E-state index in [2.05, 4.69) is 20.0 Å². The maximum Gasteiger partial charge on any atom is 0.573 e. The van der Waals surface area contributed by atoms with Crippen LogP contribution in [0.5, 0.6) is 5.75 Å². The molecule has 0 saturated heterocycles. The third-order valence-electron chi connectivity index (χ3n) is 4.21. The van der Waals surface area contributed by atoms with E-state index in [0.717, 1.165) is 5.56 Å². The molecule has 4 rings (SSSR count). The molecule has 0 bridgehead atoms. The first kappa shape index (κ1) is 17.1. The van der Waals surface area contributed by atoms with Gasteiger partial charge in [-0.25, -0.2) is 4.98 Å². The second-order valence-electron chi connectivity index (χ2n) is 5.98. The summed E-state index contributed by atoms with van der Waals surface area (Å²) >= 11 is 0. The van der Waals surface area contributed by atoms with Gasteiger partial charge in [0.05, 0.1) is 5.69 Å². The average molecular weight is 374 g/mol. The fraction of sp³-hybridized carbons (Fsp3) is 0.167. The van der Waals surface area contributed by atoms with E-state index < -0.39 is 6.36 Å². The number of nitrogens with one attached hydrogen (secondary N) is 1. The zero-order valence-corrected chi connectivity index (χ0v) is 13.8.